The molecule has 1 aromatic carbocycles. The molecule has 0 unspecified atom stereocenters. The van der Waals surface area contributed by atoms with Crippen LogP contribution in [0.5, 0.6) is 5.75 Å². The lowest BCUT2D eigenvalue weighted by Crippen LogP contribution is -2.25. The van der Waals surface area contributed by atoms with Gasteiger partial charge in [-0.15, -0.1) is 0 Å². The average Bonchev–Trinajstić information content (AvgIpc) is 2.91. The van der Waals surface area contributed by atoms with Crippen molar-refractivity contribution in [3.8, 4) is 5.75 Å². The first kappa shape index (κ1) is 14.4. The number of furan rings is 1. The molecule has 20 heavy (non-hydrogen) atoms. The van der Waals surface area contributed by atoms with Gasteiger partial charge in [0.15, 0.2) is 5.76 Å². The van der Waals surface area contributed by atoms with Crippen LogP contribution in [0.1, 0.15) is 16.3 Å². The summed E-state index contributed by atoms with van der Waals surface area (Å²) in [6.45, 7) is 0.276. The highest BCUT2D eigenvalue weighted by Crippen LogP contribution is 2.19. The van der Waals surface area contributed by atoms with E-state index in [1.54, 1.807) is 36.4 Å². The molecule has 0 atom stereocenters. The molecule has 6 heteroatoms. The van der Waals surface area contributed by atoms with E-state index in [1.165, 1.54) is 0 Å². The molecular formula is C14H14ClNO4. The number of aliphatic hydroxyl groups excluding tert-OH is 1. The fraction of sp³-hybridized carbons (Fsp3) is 0.214. The Balaban J connectivity index is 1.91. The predicted molar refractivity (Wildman–Crippen MR) is 73.9 cm³/mol. The van der Waals surface area contributed by atoms with Crippen molar-refractivity contribution in [2.45, 2.75) is 6.61 Å². The van der Waals surface area contributed by atoms with Gasteiger partial charge in [0.1, 0.15) is 18.1 Å². The summed E-state index contributed by atoms with van der Waals surface area (Å²) in [6, 6.07) is 10.2. The molecule has 1 aromatic heterocycles. The normalized spacial score (nSPS) is 10.3. The van der Waals surface area contributed by atoms with E-state index in [1.807, 2.05) is 0 Å². The number of benzene rings is 1. The van der Waals surface area contributed by atoms with Gasteiger partial charge >= 0.3 is 0 Å². The van der Waals surface area contributed by atoms with Crippen molar-refractivity contribution in [2.75, 3.05) is 13.2 Å². The summed E-state index contributed by atoms with van der Waals surface area (Å²) in [5.74, 6) is 0.968. The third-order valence-electron chi connectivity index (χ3n) is 2.46. The van der Waals surface area contributed by atoms with Crippen molar-refractivity contribution in [2.24, 2.45) is 0 Å². The number of rotatable bonds is 6. The second-order valence-corrected chi connectivity index (χ2v) is 4.43. The van der Waals surface area contributed by atoms with Crippen molar-refractivity contribution in [3.05, 3.63) is 52.9 Å². The fourth-order valence-corrected chi connectivity index (χ4v) is 1.73. The smallest absolute Gasteiger partial charge is 0.287 e. The van der Waals surface area contributed by atoms with Crippen molar-refractivity contribution >= 4 is 17.5 Å². The van der Waals surface area contributed by atoms with Gasteiger partial charge in [-0.25, -0.2) is 0 Å². The zero-order valence-electron chi connectivity index (χ0n) is 10.6. The second-order valence-electron chi connectivity index (χ2n) is 3.99. The van der Waals surface area contributed by atoms with Crippen molar-refractivity contribution in [3.63, 3.8) is 0 Å². The summed E-state index contributed by atoms with van der Waals surface area (Å²) in [5, 5.41) is 11.7. The Kier molecular flexibility index (Phi) is 5.03. The number of hydrogen-bond acceptors (Lipinski definition) is 4. The SMILES string of the molecule is O=C(NCCO)c1ccc(COc2cccc(Cl)c2)o1. The summed E-state index contributed by atoms with van der Waals surface area (Å²) < 4.78 is 10.8. The second kappa shape index (κ2) is 6.98. The maximum atomic E-state index is 11.6. The van der Waals surface area contributed by atoms with E-state index in [9.17, 15) is 4.79 Å². The average molecular weight is 296 g/mol. The zero-order valence-corrected chi connectivity index (χ0v) is 11.4. The molecule has 0 saturated carbocycles. The Labute approximate surface area is 121 Å². The van der Waals surface area contributed by atoms with Crippen LogP contribution in [0.25, 0.3) is 0 Å². The van der Waals surface area contributed by atoms with E-state index in [-0.39, 0.29) is 31.4 Å². The van der Waals surface area contributed by atoms with Crippen LogP contribution < -0.4 is 10.1 Å². The van der Waals surface area contributed by atoms with Crippen molar-refractivity contribution in [1.82, 2.24) is 5.32 Å². The third-order valence-corrected chi connectivity index (χ3v) is 2.70. The lowest BCUT2D eigenvalue weighted by molar-refractivity contribution is 0.0913. The minimum Gasteiger partial charge on any atom is -0.486 e. The van der Waals surface area contributed by atoms with Crippen LogP contribution in [0.15, 0.2) is 40.8 Å². The van der Waals surface area contributed by atoms with Gasteiger partial charge in [-0.3, -0.25) is 4.79 Å². The number of aliphatic hydroxyl groups is 1. The first-order valence-electron chi connectivity index (χ1n) is 6.05. The minimum atomic E-state index is -0.368. The largest absolute Gasteiger partial charge is 0.486 e. The van der Waals surface area contributed by atoms with Crippen LogP contribution in [-0.2, 0) is 6.61 Å². The fourth-order valence-electron chi connectivity index (χ4n) is 1.55. The molecule has 2 aromatic rings. The molecule has 0 aliphatic carbocycles. The van der Waals surface area contributed by atoms with Crippen LogP contribution in [0.4, 0.5) is 0 Å². The van der Waals surface area contributed by atoms with Crippen LogP contribution in [0.2, 0.25) is 5.02 Å². The summed E-state index contributed by atoms with van der Waals surface area (Å²) >= 11 is 5.84. The number of carbonyl (C=O) groups excluding carboxylic acids is 1. The van der Waals surface area contributed by atoms with Gasteiger partial charge in [-0.05, 0) is 30.3 Å². The van der Waals surface area contributed by atoms with E-state index in [2.05, 4.69) is 5.32 Å². The topological polar surface area (TPSA) is 71.7 Å². The Morgan fingerprint density at radius 1 is 1.35 bits per heavy atom. The first-order chi connectivity index (χ1) is 9.69. The highest BCUT2D eigenvalue weighted by molar-refractivity contribution is 6.30. The van der Waals surface area contributed by atoms with Gasteiger partial charge in [0.05, 0.1) is 6.61 Å². The summed E-state index contributed by atoms with van der Waals surface area (Å²) in [7, 11) is 0. The molecular weight excluding hydrogens is 282 g/mol. The highest BCUT2D eigenvalue weighted by Gasteiger charge is 2.10. The van der Waals surface area contributed by atoms with E-state index in [0.29, 0.717) is 16.5 Å². The molecule has 2 rings (SSSR count). The monoisotopic (exact) mass is 295 g/mol. The van der Waals surface area contributed by atoms with E-state index < -0.39 is 0 Å². The van der Waals surface area contributed by atoms with Gasteiger partial charge in [0.25, 0.3) is 5.91 Å². The molecule has 0 spiro atoms. The zero-order chi connectivity index (χ0) is 14.4. The Bertz CT molecular complexity index is 582. The maximum Gasteiger partial charge on any atom is 0.287 e. The number of amides is 1. The lowest BCUT2D eigenvalue weighted by Gasteiger charge is -2.04. The molecule has 0 fully saturated rings. The van der Waals surface area contributed by atoms with Crippen LogP contribution in [0, 0.1) is 0 Å². The lowest BCUT2D eigenvalue weighted by atomic mass is 10.3. The van der Waals surface area contributed by atoms with Crippen LogP contribution >= 0.6 is 11.6 Å². The van der Waals surface area contributed by atoms with Crippen LogP contribution in [-0.4, -0.2) is 24.2 Å². The molecule has 1 heterocycles. The molecule has 0 radical (unpaired) electrons. The van der Waals surface area contributed by atoms with Gasteiger partial charge in [-0.1, -0.05) is 17.7 Å². The van der Waals surface area contributed by atoms with Crippen LogP contribution in [0.3, 0.4) is 0 Å². The predicted octanol–water partition coefficient (Wildman–Crippen LogP) is 2.23. The first-order valence-corrected chi connectivity index (χ1v) is 6.43. The van der Waals surface area contributed by atoms with Gasteiger partial charge in [-0.2, -0.15) is 0 Å². The third kappa shape index (κ3) is 4.01. The van der Waals surface area contributed by atoms with E-state index >= 15 is 0 Å². The minimum absolute atomic E-state index is 0.114. The standard InChI is InChI=1S/C14H14ClNO4/c15-10-2-1-3-11(8-10)19-9-12-4-5-13(20-12)14(18)16-6-7-17/h1-5,8,17H,6-7,9H2,(H,16,18). The Morgan fingerprint density at radius 2 is 2.20 bits per heavy atom. The van der Waals surface area contributed by atoms with Gasteiger partial charge in [0.2, 0.25) is 0 Å². The van der Waals surface area contributed by atoms with Gasteiger partial charge < -0.3 is 19.6 Å². The molecule has 0 bridgehead atoms. The molecule has 0 aliphatic rings. The Morgan fingerprint density at radius 3 is 2.95 bits per heavy atom. The number of nitrogens with one attached hydrogen (secondary N) is 1. The summed E-state index contributed by atoms with van der Waals surface area (Å²) in [5.41, 5.74) is 0. The maximum absolute atomic E-state index is 11.6. The van der Waals surface area contributed by atoms with E-state index in [0.717, 1.165) is 0 Å². The van der Waals surface area contributed by atoms with Crippen molar-refractivity contribution in [1.29, 1.82) is 0 Å². The molecule has 0 aliphatic heterocycles. The highest BCUT2D eigenvalue weighted by atomic mass is 35.5. The number of ether oxygens (including phenoxy) is 1. The van der Waals surface area contributed by atoms with E-state index in [4.69, 9.17) is 25.9 Å². The Hall–Kier alpha value is -1.98. The number of halogens is 1. The molecule has 2 N–H and O–H groups in total. The molecule has 0 saturated heterocycles. The van der Waals surface area contributed by atoms with Gasteiger partial charge in [0, 0.05) is 11.6 Å². The molecule has 1 amide bonds. The molecule has 106 valence electrons. The number of carbonyl (C=O) groups is 1. The molecule has 5 nitrogen and oxygen atoms in total. The number of hydrogen-bond donors (Lipinski definition) is 2. The van der Waals surface area contributed by atoms with Crippen molar-refractivity contribution < 1.29 is 19.1 Å². The quantitative estimate of drug-likeness (QED) is 0.857. The summed E-state index contributed by atoms with van der Waals surface area (Å²) in [6.07, 6.45) is 0. The summed E-state index contributed by atoms with van der Waals surface area (Å²) in [4.78, 5) is 11.6.